The van der Waals surface area contributed by atoms with Crippen LogP contribution >= 0.6 is 0 Å². The zero-order valence-electron chi connectivity index (χ0n) is 15.5. The van der Waals surface area contributed by atoms with Gasteiger partial charge in [0.25, 0.3) is 0 Å². The van der Waals surface area contributed by atoms with Crippen LogP contribution in [-0.4, -0.2) is 13.2 Å². The van der Waals surface area contributed by atoms with Crippen LogP contribution in [-0.2, 0) is 4.74 Å². The van der Waals surface area contributed by atoms with E-state index in [1.165, 1.54) is 57.8 Å². The first-order valence-electron chi connectivity index (χ1n) is 9.20. The van der Waals surface area contributed by atoms with Crippen molar-refractivity contribution in [1.29, 1.82) is 0 Å². The maximum absolute atomic E-state index is 5.40. The quantitative estimate of drug-likeness (QED) is 0.494. The molecule has 1 atom stereocenters. The molecule has 0 aliphatic heterocycles. The van der Waals surface area contributed by atoms with E-state index in [-0.39, 0.29) is 7.43 Å². The van der Waals surface area contributed by atoms with Crippen LogP contribution in [0.3, 0.4) is 0 Å². The topological polar surface area (TPSA) is 9.23 Å². The fourth-order valence-electron chi connectivity index (χ4n) is 2.51. The number of rotatable bonds is 6. The van der Waals surface area contributed by atoms with Gasteiger partial charge in [-0.05, 0) is 24.7 Å². The summed E-state index contributed by atoms with van der Waals surface area (Å²) in [6.07, 6.45) is 12.9. The molecule has 0 aromatic carbocycles. The van der Waals surface area contributed by atoms with Crippen molar-refractivity contribution >= 4 is 0 Å². The molecule has 0 unspecified atom stereocenters. The first-order valence-corrected chi connectivity index (χ1v) is 9.20. The summed E-state index contributed by atoms with van der Waals surface area (Å²) < 4.78 is 5.40. The summed E-state index contributed by atoms with van der Waals surface area (Å²) in [7, 11) is 1.84. The third-order valence-electron chi connectivity index (χ3n) is 4.50. The second kappa shape index (κ2) is 20.0. The van der Waals surface area contributed by atoms with E-state index in [0.717, 1.165) is 11.8 Å². The fourth-order valence-corrected chi connectivity index (χ4v) is 2.51. The van der Waals surface area contributed by atoms with Crippen LogP contribution < -0.4 is 0 Å². The van der Waals surface area contributed by atoms with Crippen molar-refractivity contribution in [3.63, 3.8) is 0 Å². The highest BCUT2D eigenvalue weighted by Gasteiger charge is 2.17. The minimum Gasteiger partial charge on any atom is -0.381 e. The highest BCUT2D eigenvalue weighted by molar-refractivity contribution is 4.69. The Morgan fingerprint density at radius 2 is 1.38 bits per heavy atom. The van der Waals surface area contributed by atoms with Gasteiger partial charge in [-0.25, -0.2) is 0 Å². The predicted octanol–water partition coefficient (Wildman–Crippen LogP) is 7.49. The van der Waals surface area contributed by atoms with Gasteiger partial charge < -0.3 is 4.74 Å². The summed E-state index contributed by atoms with van der Waals surface area (Å²) >= 11 is 0. The Morgan fingerprint density at radius 1 is 0.905 bits per heavy atom. The molecule has 1 rings (SSSR count). The lowest BCUT2D eigenvalue weighted by Gasteiger charge is -2.25. The van der Waals surface area contributed by atoms with E-state index in [9.17, 15) is 0 Å². The van der Waals surface area contributed by atoms with Crippen molar-refractivity contribution in [2.75, 3.05) is 7.11 Å². The molecule has 0 N–H and O–H groups in total. The molecule has 0 saturated heterocycles. The first kappa shape index (κ1) is 25.9. The molecule has 1 saturated carbocycles. The fraction of sp³-hybridized carbons (Fsp3) is 1.00. The SMILES string of the molecule is C.CC.CCC(C)CC.CC[C@H](CC1CCCCC1)OC. The summed E-state index contributed by atoms with van der Waals surface area (Å²) in [4.78, 5) is 0. The van der Waals surface area contributed by atoms with E-state index in [1.54, 1.807) is 0 Å². The third-order valence-corrected chi connectivity index (χ3v) is 4.50. The molecule has 1 heteroatoms. The smallest absolute Gasteiger partial charge is 0.0571 e. The van der Waals surface area contributed by atoms with Crippen LogP contribution in [0.1, 0.15) is 107 Å². The molecule has 1 aliphatic carbocycles. The van der Waals surface area contributed by atoms with E-state index in [0.29, 0.717) is 6.10 Å². The van der Waals surface area contributed by atoms with Gasteiger partial charge in [-0.3, -0.25) is 0 Å². The van der Waals surface area contributed by atoms with E-state index in [4.69, 9.17) is 4.74 Å². The minimum absolute atomic E-state index is 0. The molecule has 1 fully saturated rings. The summed E-state index contributed by atoms with van der Waals surface area (Å²) in [6.45, 7) is 13.0. The van der Waals surface area contributed by atoms with Crippen LogP contribution in [0.4, 0.5) is 0 Å². The molecular weight excluding hydrogens is 256 g/mol. The lowest BCUT2D eigenvalue weighted by molar-refractivity contribution is 0.0708. The Labute approximate surface area is 137 Å². The molecule has 0 aromatic heterocycles. The average Bonchev–Trinajstić information content (AvgIpc) is 2.55. The molecule has 0 spiro atoms. The molecule has 132 valence electrons. The molecule has 0 aromatic rings. The van der Waals surface area contributed by atoms with Gasteiger partial charge in [-0.15, -0.1) is 0 Å². The second-order valence-electron chi connectivity index (χ2n) is 5.93. The van der Waals surface area contributed by atoms with E-state index in [2.05, 4.69) is 27.7 Å². The van der Waals surface area contributed by atoms with Crippen molar-refractivity contribution in [3.8, 4) is 0 Å². The van der Waals surface area contributed by atoms with Crippen LogP contribution in [0.5, 0.6) is 0 Å². The highest BCUT2D eigenvalue weighted by atomic mass is 16.5. The number of hydrogen-bond donors (Lipinski definition) is 0. The van der Waals surface area contributed by atoms with Crippen LogP contribution in [0, 0.1) is 11.8 Å². The van der Waals surface area contributed by atoms with Gasteiger partial charge in [0.2, 0.25) is 0 Å². The molecule has 0 heterocycles. The second-order valence-corrected chi connectivity index (χ2v) is 5.93. The van der Waals surface area contributed by atoms with Gasteiger partial charge in [-0.2, -0.15) is 0 Å². The van der Waals surface area contributed by atoms with Gasteiger partial charge in [0.15, 0.2) is 0 Å². The van der Waals surface area contributed by atoms with Crippen LogP contribution in [0.2, 0.25) is 0 Å². The third kappa shape index (κ3) is 16.2. The highest BCUT2D eigenvalue weighted by Crippen LogP contribution is 2.28. The van der Waals surface area contributed by atoms with Gasteiger partial charge >= 0.3 is 0 Å². The standard InChI is InChI=1S/C11H22O.C6H14.C2H6.CH4/c1-3-11(12-2)9-10-7-5-4-6-8-10;1-4-6(3)5-2;1-2;/h10-11H,3-9H2,1-2H3;6H,4-5H2,1-3H3;1-2H3;1H4/t11-;;;/m1.../s1. The largest absolute Gasteiger partial charge is 0.381 e. The van der Waals surface area contributed by atoms with E-state index < -0.39 is 0 Å². The average molecular weight is 303 g/mol. The predicted molar refractivity (Wildman–Crippen MR) is 100 cm³/mol. The molecule has 1 aliphatic rings. The first-order chi connectivity index (χ1) is 9.67. The van der Waals surface area contributed by atoms with Crippen molar-refractivity contribution < 1.29 is 4.74 Å². The van der Waals surface area contributed by atoms with Crippen molar-refractivity contribution in [2.45, 2.75) is 113 Å². The Bertz CT molecular complexity index is 153. The summed E-state index contributed by atoms with van der Waals surface area (Å²) in [5.74, 6) is 1.90. The molecule has 0 radical (unpaired) electrons. The monoisotopic (exact) mass is 302 g/mol. The van der Waals surface area contributed by atoms with Gasteiger partial charge in [0, 0.05) is 7.11 Å². The maximum atomic E-state index is 5.40. The number of ether oxygens (including phenoxy) is 1. The number of hydrogen-bond acceptors (Lipinski definition) is 1. The van der Waals surface area contributed by atoms with E-state index in [1.807, 2.05) is 21.0 Å². The van der Waals surface area contributed by atoms with Crippen LogP contribution in [0.15, 0.2) is 0 Å². The van der Waals surface area contributed by atoms with Gasteiger partial charge in [0.05, 0.1) is 6.10 Å². The molecular formula is C20H46O. The van der Waals surface area contributed by atoms with Crippen molar-refractivity contribution in [3.05, 3.63) is 0 Å². The molecule has 0 amide bonds. The Balaban J connectivity index is -0.000000309. The molecule has 21 heavy (non-hydrogen) atoms. The van der Waals surface area contributed by atoms with Crippen molar-refractivity contribution in [1.82, 2.24) is 0 Å². The summed E-state index contributed by atoms with van der Waals surface area (Å²) in [5, 5.41) is 0. The van der Waals surface area contributed by atoms with E-state index >= 15 is 0 Å². The molecule has 0 bridgehead atoms. The number of methoxy groups -OCH3 is 1. The normalized spacial score (nSPS) is 16.0. The Kier molecular flexibility index (Phi) is 24.6. The maximum Gasteiger partial charge on any atom is 0.0571 e. The zero-order valence-corrected chi connectivity index (χ0v) is 15.5. The van der Waals surface area contributed by atoms with Gasteiger partial charge in [-0.1, -0.05) is 93.9 Å². The summed E-state index contributed by atoms with van der Waals surface area (Å²) in [6, 6.07) is 0. The summed E-state index contributed by atoms with van der Waals surface area (Å²) in [5.41, 5.74) is 0. The zero-order chi connectivity index (χ0) is 15.8. The van der Waals surface area contributed by atoms with Crippen LogP contribution in [0.25, 0.3) is 0 Å². The lowest BCUT2D eigenvalue weighted by atomic mass is 9.85. The molecule has 1 nitrogen and oxygen atoms in total. The van der Waals surface area contributed by atoms with Gasteiger partial charge in [0.1, 0.15) is 0 Å². The Hall–Kier alpha value is -0.0400. The lowest BCUT2D eigenvalue weighted by Crippen LogP contribution is -2.17. The van der Waals surface area contributed by atoms with Crippen molar-refractivity contribution in [2.24, 2.45) is 11.8 Å². The minimum atomic E-state index is 0. The Morgan fingerprint density at radius 3 is 1.67 bits per heavy atom.